The number of ether oxygens (including phenoxy) is 1. The lowest BCUT2D eigenvalue weighted by atomic mass is 10.1. The quantitative estimate of drug-likeness (QED) is 0.455. The van der Waals surface area contributed by atoms with Gasteiger partial charge in [0.05, 0.1) is 22.0 Å². The van der Waals surface area contributed by atoms with E-state index in [0.29, 0.717) is 11.4 Å². The van der Waals surface area contributed by atoms with Crippen LogP contribution < -0.4 is 4.74 Å². The summed E-state index contributed by atoms with van der Waals surface area (Å²) >= 11 is 0. The first kappa shape index (κ1) is 18.9. The summed E-state index contributed by atoms with van der Waals surface area (Å²) in [6, 6.07) is 24.6. The molecule has 1 heterocycles. The maximum absolute atomic E-state index is 11.9. The minimum absolute atomic E-state index is 0.0277. The molecule has 1 aromatic heterocycles. The van der Waals surface area contributed by atoms with Crippen molar-refractivity contribution in [2.75, 3.05) is 0 Å². The van der Waals surface area contributed by atoms with Crippen LogP contribution in [0.3, 0.4) is 0 Å². The second-order valence-corrected chi connectivity index (χ2v) is 7.80. The van der Waals surface area contributed by atoms with Crippen molar-refractivity contribution >= 4 is 10.1 Å². The van der Waals surface area contributed by atoms with Gasteiger partial charge in [0.2, 0.25) is 0 Å². The normalized spacial score (nSPS) is 11.4. The largest absolute Gasteiger partial charge is 0.744 e. The fourth-order valence-electron chi connectivity index (χ4n) is 3.03. The molecule has 0 aliphatic heterocycles. The first-order valence-corrected chi connectivity index (χ1v) is 10.3. The Morgan fingerprint density at radius 1 is 0.897 bits per heavy atom. The average Bonchev–Trinajstić information content (AvgIpc) is 3.11. The zero-order valence-electron chi connectivity index (χ0n) is 15.5. The maximum atomic E-state index is 11.9. The van der Waals surface area contributed by atoms with Crippen LogP contribution in [0.1, 0.15) is 5.69 Å². The van der Waals surface area contributed by atoms with E-state index >= 15 is 0 Å². The Labute approximate surface area is 168 Å². The van der Waals surface area contributed by atoms with E-state index in [2.05, 4.69) is 5.10 Å². The van der Waals surface area contributed by atoms with Crippen LogP contribution in [0.4, 0.5) is 0 Å². The number of benzene rings is 3. The van der Waals surface area contributed by atoms with Crippen molar-refractivity contribution in [2.45, 2.75) is 11.8 Å². The third-order valence-electron chi connectivity index (χ3n) is 4.31. The highest BCUT2D eigenvalue weighted by atomic mass is 32.2. The van der Waals surface area contributed by atoms with Crippen LogP contribution >= 0.6 is 0 Å². The van der Waals surface area contributed by atoms with E-state index in [1.54, 1.807) is 35.0 Å². The minimum atomic E-state index is -4.77. The first-order valence-electron chi connectivity index (χ1n) is 8.87. The molecule has 0 N–H and O–H groups in total. The van der Waals surface area contributed by atoms with E-state index in [-0.39, 0.29) is 5.75 Å². The van der Waals surface area contributed by atoms with Gasteiger partial charge in [0.1, 0.15) is 21.6 Å². The minimum Gasteiger partial charge on any atom is -0.744 e. The van der Waals surface area contributed by atoms with Gasteiger partial charge in [-0.1, -0.05) is 48.5 Å². The molecule has 0 saturated heterocycles. The highest BCUT2D eigenvalue weighted by Crippen LogP contribution is 2.32. The van der Waals surface area contributed by atoms with Gasteiger partial charge in [-0.25, -0.2) is 13.1 Å². The highest BCUT2D eigenvalue weighted by molar-refractivity contribution is 7.85. The lowest BCUT2D eigenvalue weighted by Crippen LogP contribution is -2.05. The van der Waals surface area contributed by atoms with Crippen LogP contribution in [0.25, 0.3) is 16.9 Å². The lowest BCUT2D eigenvalue weighted by molar-refractivity contribution is 0.440. The van der Waals surface area contributed by atoms with Crippen molar-refractivity contribution in [2.24, 2.45) is 0 Å². The number of nitrogens with zero attached hydrogens (tertiary/aromatic N) is 2. The fourth-order valence-corrected chi connectivity index (χ4v) is 3.66. The molecule has 0 unspecified atom stereocenters. The van der Waals surface area contributed by atoms with Gasteiger partial charge >= 0.3 is 0 Å². The second kappa shape index (κ2) is 7.54. The van der Waals surface area contributed by atoms with Gasteiger partial charge in [-0.05, 0) is 43.3 Å². The standard InChI is InChI=1S/C22H18N2O4S/c1-16-14-20(17-8-4-2-5-9-17)24(23-16)18-12-13-21(22(15-18)29(25,26)27)28-19-10-6-3-7-11-19/h2-15H,1H3,(H,25,26,27)/p-1. The van der Waals surface area contributed by atoms with E-state index < -0.39 is 15.0 Å². The third kappa shape index (κ3) is 4.06. The number of para-hydroxylation sites is 1. The second-order valence-electron chi connectivity index (χ2n) is 6.45. The Hall–Kier alpha value is -3.42. The van der Waals surface area contributed by atoms with Gasteiger partial charge in [-0.3, -0.25) is 0 Å². The van der Waals surface area contributed by atoms with Crippen molar-refractivity contribution in [3.8, 4) is 28.4 Å². The Morgan fingerprint density at radius 2 is 1.55 bits per heavy atom. The first-order chi connectivity index (χ1) is 13.9. The smallest absolute Gasteiger partial charge is 0.145 e. The van der Waals surface area contributed by atoms with Gasteiger partial charge < -0.3 is 9.29 Å². The summed E-state index contributed by atoms with van der Waals surface area (Å²) in [6.45, 7) is 1.85. The van der Waals surface area contributed by atoms with E-state index in [0.717, 1.165) is 17.0 Å². The predicted molar refractivity (Wildman–Crippen MR) is 108 cm³/mol. The van der Waals surface area contributed by atoms with Crippen molar-refractivity contribution in [3.05, 3.63) is 90.6 Å². The predicted octanol–water partition coefficient (Wildman–Crippen LogP) is 4.54. The van der Waals surface area contributed by atoms with Crippen molar-refractivity contribution in [1.29, 1.82) is 0 Å². The molecule has 7 heteroatoms. The fraction of sp³-hybridized carbons (Fsp3) is 0.0455. The van der Waals surface area contributed by atoms with Crippen LogP contribution in [0.15, 0.2) is 89.8 Å². The maximum Gasteiger partial charge on any atom is 0.145 e. The van der Waals surface area contributed by atoms with Gasteiger partial charge in [-0.2, -0.15) is 5.10 Å². The molecule has 0 saturated carbocycles. The zero-order chi connectivity index (χ0) is 20.4. The molecule has 0 aliphatic carbocycles. The van der Waals surface area contributed by atoms with E-state index in [4.69, 9.17) is 4.74 Å². The van der Waals surface area contributed by atoms with Crippen molar-refractivity contribution < 1.29 is 17.7 Å². The highest BCUT2D eigenvalue weighted by Gasteiger charge is 2.16. The SMILES string of the molecule is Cc1cc(-c2ccccc2)n(-c2ccc(Oc3ccccc3)c(S(=O)(=O)[O-])c2)n1. The monoisotopic (exact) mass is 405 g/mol. The topological polar surface area (TPSA) is 84.2 Å². The third-order valence-corrected chi connectivity index (χ3v) is 5.17. The summed E-state index contributed by atoms with van der Waals surface area (Å²) in [6.07, 6.45) is 0. The van der Waals surface area contributed by atoms with Crippen LogP contribution in [0, 0.1) is 6.92 Å². The Balaban J connectivity index is 1.83. The molecule has 4 rings (SSSR count). The van der Waals surface area contributed by atoms with Crippen LogP contribution in [0.5, 0.6) is 11.5 Å². The van der Waals surface area contributed by atoms with Gasteiger partial charge in [0.25, 0.3) is 0 Å². The number of aryl methyl sites for hydroxylation is 1. The molecule has 0 radical (unpaired) electrons. The molecule has 29 heavy (non-hydrogen) atoms. The Morgan fingerprint density at radius 3 is 2.21 bits per heavy atom. The lowest BCUT2D eigenvalue weighted by Gasteiger charge is -2.16. The summed E-state index contributed by atoms with van der Waals surface area (Å²) in [7, 11) is -4.77. The van der Waals surface area contributed by atoms with Crippen molar-refractivity contribution in [1.82, 2.24) is 9.78 Å². The molecule has 0 atom stereocenters. The molecule has 0 fully saturated rings. The summed E-state index contributed by atoms with van der Waals surface area (Å²) in [5, 5.41) is 4.47. The summed E-state index contributed by atoms with van der Waals surface area (Å²) in [5.74, 6) is 0.408. The van der Waals surface area contributed by atoms with Crippen LogP contribution in [0.2, 0.25) is 0 Å². The number of aromatic nitrogens is 2. The molecular formula is C22H17N2O4S-. The summed E-state index contributed by atoms with van der Waals surface area (Å²) in [5.41, 5.74) is 2.92. The molecular weight excluding hydrogens is 388 g/mol. The molecule has 4 aromatic rings. The van der Waals surface area contributed by atoms with Gasteiger partial charge in [0, 0.05) is 5.56 Å². The Bertz CT molecular complexity index is 1250. The van der Waals surface area contributed by atoms with Crippen LogP contribution in [-0.4, -0.2) is 22.8 Å². The van der Waals surface area contributed by atoms with E-state index in [1.807, 2.05) is 49.4 Å². The van der Waals surface area contributed by atoms with E-state index in [1.165, 1.54) is 12.1 Å². The average molecular weight is 405 g/mol. The molecule has 0 spiro atoms. The van der Waals surface area contributed by atoms with Crippen molar-refractivity contribution in [3.63, 3.8) is 0 Å². The summed E-state index contributed by atoms with van der Waals surface area (Å²) in [4.78, 5) is -0.439. The van der Waals surface area contributed by atoms with Crippen LogP contribution in [-0.2, 0) is 10.1 Å². The molecule has 0 bridgehead atoms. The summed E-state index contributed by atoms with van der Waals surface area (Å²) < 4.78 is 43.0. The molecule has 6 nitrogen and oxygen atoms in total. The molecule has 0 aliphatic rings. The zero-order valence-corrected chi connectivity index (χ0v) is 16.3. The number of rotatable bonds is 5. The van der Waals surface area contributed by atoms with Gasteiger partial charge in [-0.15, -0.1) is 0 Å². The number of hydrogen-bond acceptors (Lipinski definition) is 5. The Kier molecular flexibility index (Phi) is 4.92. The number of hydrogen-bond donors (Lipinski definition) is 0. The van der Waals surface area contributed by atoms with E-state index in [9.17, 15) is 13.0 Å². The molecule has 3 aromatic carbocycles. The molecule has 146 valence electrons. The van der Waals surface area contributed by atoms with Gasteiger partial charge in [0.15, 0.2) is 0 Å². The molecule has 0 amide bonds.